The van der Waals surface area contributed by atoms with Crippen molar-refractivity contribution in [3.8, 4) is 0 Å². The van der Waals surface area contributed by atoms with Gasteiger partial charge in [-0.2, -0.15) is 0 Å². The van der Waals surface area contributed by atoms with Gasteiger partial charge >= 0.3 is 11.9 Å². The van der Waals surface area contributed by atoms with Crippen LogP contribution in [0.3, 0.4) is 0 Å². The first-order valence-electron chi connectivity index (χ1n) is 8.01. The molecule has 0 aliphatic carbocycles. The summed E-state index contributed by atoms with van der Waals surface area (Å²) in [5.41, 5.74) is 0.753. The highest BCUT2D eigenvalue weighted by molar-refractivity contribution is 5.99. The quantitative estimate of drug-likeness (QED) is 0.770. The Labute approximate surface area is 150 Å². The Morgan fingerprint density at radius 3 is 2.08 bits per heavy atom. The van der Waals surface area contributed by atoms with Gasteiger partial charge in [0, 0.05) is 0 Å². The van der Waals surface area contributed by atoms with E-state index in [4.69, 9.17) is 14.2 Å². The van der Waals surface area contributed by atoms with Crippen molar-refractivity contribution in [1.29, 1.82) is 0 Å². The number of hydrogen-bond acceptors (Lipinski definition) is 6. The Hall–Kier alpha value is -3.41. The van der Waals surface area contributed by atoms with Gasteiger partial charge in [0.05, 0.1) is 17.5 Å². The molecule has 1 heterocycles. The predicted octanol–water partition coefficient (Wildman–Crippen LogP) is 2.90. The molecule has 0 aromatic heterocycles. The predicted molar refractivity (Wildman–Crippen MR) is 91.2 cm³/mol. The number of ether oxygens (including phenoxy) is 3. The standard InChI is InChI=1S/C20H16O6/c21-17-11-16(12-25-19(22)14-7-3-1-4-8-14)24-13-18(17)26-20(23)15-9-5-2-6-10-15/h1-10,13,16H,11-12H2/t16-/m0/s1. The van der Waals surface area contributed by atoms with Crippen molar-refractivity contribution in [2.75, 3.05) is 6.61 Å². The number of benzene rings is 2. The first-order chi connectivity index (χ1) is 12.6. The topological polar surface area (TPSA) is 78.9 Å². The fraction of sp³-hybridized carbons (Fsp3) is 0.150. The van der Waals surface area contributed by atoms with Crippen LogP contribution >= 0.6 is 0 Å². The Morgan fingerprint density at radius 1 is 0.923 bits per heavy atom. The molecular formula is C20H16O6. The van der Waals surface area contributed by atoms with Gasteiger partial charge in [-0.3, -0.25) is 4.79 Å². The number of carbonyl (C=O) groups excluding carboxylic acids is 3. The van der Waals surface area contributed by atoms with Crippen molar-refractivity contribution in [3.63, 3.8) is 0 Å². The van der Waals surface area contributed by atoms with E-state index in [9.17, 15) is 14.4 Å². The number of esters is 2. The summed E-state index contributed by atoms with van der Waals surface area (Å²) in [5.74, 6) is -1.68. The summed E-state index contributed by atoms with van der Waals surface area (Å²) in [5, 5.41) is 0. The largest absolute Gasteiger partial charge is 0.490 e. The number of hydrogen-bond donors (Lipinski definition) is 0. The molecule has 1 aliphatic heterocycles. The van der Waals surface area contributed by atoms with Crippen molar-refractivity contribution in [2.45, 2.75) is 12.5 Å². The maximum Gasteiger partial charge on any atom is 0.343 e. The lowest BCUT2D eigenvalue weighted by Crippen LogP contribution is -2.29. The zero-order valence-corrected chi connectivity index (χ0v) is 13.8. The van der Waals surface area contributed by atoms with Gasteiger partial charge in [-0.15, -0.1) is 0 Å². The molecule has 2 aromatic rings. The molecule has 0 bridgehead atoms. The fourth-order valence-corrected chi connectivity index (χ4v) is 2.32. The van der Waals surface area contributed by atoms with E-state index >= 15 is 0 Å². The van der Waals surface area contributed by atoms with Crippen LogP contribution in [-0.2, 0) is 19.0 Å². The van der Waals surface area contributed by atoms with Crippen LogP contribution in [0.5, 0.6) is 0 Å². The zero-order valence-electron chi connectivity index (χ0n) is 13.8. The monoisotopic (exact) mass is 352 g/mol. The maximum atomic E-state index is 12.1. The van der Waals surface area contributed by atoms with Gasteiger partial charge in [0.2, 0.25) is 11.5 Å². The summed E-state index contributed by atoms with van der Waals surface area (Å²) >= 11 is 0. The lowest BCUT2D eigenvalue weighted by molar-refractivity contribution is -0.123. The van der Waals surface area contributed by atoms with Crippen molar-refractivity contribution in [2.24, 2.45) is 0 Å². The van der Waals surface area contributed by atoms with Gasteiger partial charge in [-0.05, 0) is 24.3 Å². The molecule has 6 nitrogen and oxygen atoms in total. The molecule has 132 valence electrons. The molecular weight excluding hydrogens is 336 g/mol. The number of ketones is 1. The van der Waals surface area contributed by atoms with Gasteiger partial charge in [-0.1, -0.05) is 36.4 Å². The molecule has 3 rings (SSSR count). The molecule has 26 heavy (non-hydrogen) atoms. The van der Waals surface area contributed by atoms with Crippen LogP contribution in [0.4, 0.5) is 0 Å². The van der Waals surface area contributed by atoms with Gasteiger partial charge in [0.15, 0.2) is 0 Å². The summed E-state index contributed by atoms with van der Waals surface area (Å²) < 4.78 is 15.6. The average molecular weight is 352 g/mol. The summed E-state index contributed by atoms with van der Waals surface area (Å²) in [6.45, 7) is -0.0735. The molecule has 0 fully saturated rings. The molecule has 0 saturated heterocycles. The van der Waals surface area contributed by atoms with Crippen molar-refractivity contribution in [1.82, 2.24) is 0 Å². The van der Waals surface area contributed by atoms with Crippen molar-refractivity contribution in [3.05, 3.63) is 83.8 Å². The molecule has 0 unspecified atom stereocenters. The molecule has 1 aliphatic rings. The Kier molecular flexibility index (Phi) is 5.43. The summed E-state index contributed by atoms with van der Waals surface area (Å²) in [6, 6.07) is 16.9. The molecule has 2 aromatic carbocycles. The molecule has 0 saturated carbocycles. The van der Waals surface area contributed by atoms with E-state index in [1.54, 1.807) is 60.7 Å². The third-order valence-corrected chi connectivity index (χ3v) is 3.68. The van der Waals surface area contributed by atoms with E-state index in [1.165, 1.54) is 0 Å². The zero-order chi connectivity index (χ0) is 18.4. The van der Waals surface area contributed by atoms with E-state index in [-0.39, 0.29) is 24.6 Å². The van der Waals surface area contributed by atoms with E-state index in [0.29, 0.717) is 11.1 Å². The second kappa shape index (κ2) is 8.11. The van der Waals surface area contributed by atoms with E-state index in [0.717, 1.165) is 6.26 Å². The normalized spacial score (nSPS) is 16.2. The SMILES string of the molecule is O=C1C[C@@H](COC(=O)c2ccccc2)OC=C1OC(=O)c1ccccc1. The Balaban J connectivity index is 1.53. The van der Waals surface area contributed by atoms with Gasteiger partial charge in [-0.25, -0.2) is 9.59 Å². The average Bonchev–Trinajstić information content (AvgIpc) is 2.69. The molecule has 0 N–H and O–H groups in total. The Bertz CT molecular complexity index is 826. The molecule has 0 spiro atoms. The first-order valence-corrected chi connectivity index (χ1v) is 8.01. The minimum absolute atomic E-state index is 0.0457. The van der Waals surface area contributed by atoms with Crippen LogP contribution in [0.1, 0.15) is 27.1 Å². The van der Waals surface area contributed by atoms with Crippen LogP contribution < -0.4 is 0 Å². The van der Waals surface area contributed by atoms with Gasteiger partial charge in [0.1, 0.15) is 19.0 Å². The molecule has 0 radical (unpaired) electrons. The summed E-state index contributed by atoms with van der Waals surface area (Å²) in [4.78, 5) is 36.0. The number of carbonyl (C=O) groups is 3. The highest BCUT2D eigenvalue weighted by Crippen LogP contribution is 2.18. The lowest BCUT2D eigenvalue weighted by Gasteiger charge is -2.21. The van der Waals surface area contributed by atoms with Crippen LogP contribution in [-0.4, -0.2) is 30.4 Å². The smallest absolute Gasteiger partial charge is 0.343 e. The maximum absolute atomic E-state index is 12.1. The summed E-state index contributed by atoms with van der Waals surface area (Å²) in [6.07, 6.45) is 0.429. The summed E-state index contributed by atoms with van der Waals surface area (Å²) in [7, 11) is 0. The minimum Gasteiger partial charge on any atom is -0.490 e. The van der Waals surface area contributed by atoms with Crippen LogP contribution in [0.15, 0.2) is 72.7 Å². The van der Waals surface area contributed by atoms with Gasteiger partial charge in [0.25, 0.3) is 0 Å². The fourth-order valence-electron chi connectivity index (χ4n) is 2.32. The Morgan fingerprint density at radius 2 is 1.50 bits per heavy atom. The van der Waals surface area contributed by atoms with E-state index in [2.05, 4.69) is 0 Å². The number of allylic oxidation sites excluding steroid dienone is 1. The van der Waals surface area contributed by atoms with Crippen molar-refractivity contribution >= 4 is 17.7 Å². The lowest BCUT2D eigenvalue weighted by atomic mass is 10.1. The molecule has 1 atom stereocenters. The highest BCUT2D eigenvalue weighted by Gasteiger charge is 2.27. The van der Waals surface area contributed by atoms with E-state index < -0.39 is 18.0 Å². The number of rotatable bonds is 5. The third-order valence-electron chi connectivity index (χ3n) is 3.68. The van der Waals surface area contributed by atoms with Crippen LogP contribution in [0.2, 0.25) is 0 Å². The number of Topliss-reactive ketones (excluding diaryl/α,β-unsaturated/α-hetero) is 1. The second-order valence-electron chi connectivity index (χ2n) is 5.59. The highest BCUT2D eigenvalue weighted by atomic mass is 16.6. The second-order valence-corrected chi connectivity index (χ2v) is 5.59. The van der Waals surface area contributed by atoms with Crippen molar-refractivity contribution < 1.29 is 28.6 Å². The minimum atomic E-state index is -0.636. The van der Waals surface area contributed by atoms with E-state index in [1.807, 2.05) is 0 Å². The molecule has 0 amide bonds. The van der Waals surface area contributed by atoms with Gasteiger partial charge < -0.3 is 14.2 Å². The van der Waals surface area contributed by atoms with Crippen LogP contribution in [0, 0.1) is 0 Å². The third kappa shape index (κ3) is 4.36. The molecule has 6 heteroatoms. The van der Waals surface area contributed by atoms with Crippen LogP contribution in [0.25, 0.3) is 0 Å². The first kappa shape index (κ1) is 17.4.